The van der Waals surface area contributed by atoms with Gasteiger partial charge in [0.1, 0.15) is 6.61 Å². The Morgan fingerprint density at radius 2 is 1.55 bits per heavy atom. The van der Waals surface area contributed by atoms with Crippen LogP contribution in [0, 0.1) is 10.8 Å². The highest BCUT2D eigenvalue weighted by atomic mass is 79.9. The zero-order chi connectivity index (χ0) is 27.4. The predicted octanol–water partition coefficient (Wildman–Crippen LogP) is 7.66. The van der Waals surface area contributed by atoms with E-state index >= 15 is 0 Å². The second-order valence-electron chi connectivity index (χ2n) is 12.2. The number of allylic oxidation sites excluding steroid dienone is 4. The van der Waals surface area contributed by atoms with Gasteiger partial charge in [-0.3, -0.25) is 9.59 Å². The molecule has 1 aliphatic heterocycles. The van der Waals surface area contributed by atoms with E-state index in [1.54, 1.807) is 7.11 Å². The van der Waals surface area contributed by atoms with Gasteiger partial charge in [-0.15, -0.1) is 0 Å². The molecule has 5 nitrogen and oxygen atoms in total. The Morgan fingerprint density at radius 1 is 0.947 bits per heavy atom. The Morgan fingerprint density at radius 3 is 2.11 bits per heavy atom. The first-order valence-corrected chi connectivity index (χ1v) is 14.1. The van der Waals surface area contributed by atoms with Crippen LogP contribution in [-0.2, 0) is 16.2 Å². The van der Waals surface area contributed by atoms with E-state index < -0.39 is 5.92 Å². The first-order chi connectivity index (χ1) is 17.9. The maximum absolute atomic E-state index is 13.6. The molecule has 5 rings (SSSR count). The van der Waals surface area contributed by atoms with Crippen molar-refractivity contribution in [2.45, 2.75) is 65.9 Å². The quantitative estimate of drug-likeness (QED) is 0.383. The van der Waals surface area contributed by atoms with Crippen molar-refractivity contribution in [3.63, 3.8) is 0 Å². The van der Waals surface area contributed by atoms with Crippen LogP contribution in [-0.4, -0.2) is 18.7 Å². The summed E-state index contributed by atoms with van der Waals surface area (Å²) in [5.41, 5.74) is 4.78. The van der Waals surface area contributed by atoms with Gasteiger partial charge in [-0.25, -0.2) is 0 Å². The van der Waals surface area contributed by atoms with Crippen LogP contribution < -0.4 is 14.8 Å². The average molecular weight is 599 g/mol. The predicted molar refractivity (Wildman–Crippen MR) is 152 cm³/mol. The lowest BCUT2D eigenvalue weighted by molar-refractivity contribution is -0.119. The Labute approximate surface area is 237 Å². The van der Waals surface area contributed by atoms with E-state index in [1.807, 2.05) is 36.4 Å². The minimum atomic E-state index is -0.444. The van der Waals surface area contributed by atoms with Crippen LogP contribution in [0.3, 0.4) is 0 Å². The zero-order valence-electron chi connectivity index (χ0n) is 22.5. The number of halogens is 2. The van der Waals surface area contributed by atoms with Gasteiger partial charge < -0.3 is 14.8 Å². The third kappa shape index (κ3) is 5.17. The number of hydrogen-bond acceptors (Lipinski definition) is 5. The fourth-order valence-electron chi connectivity index (χ4n) is 6.05. The van der Waals surface area contributed by atoms with E-state index in [0.29, 0.717) is 51.6 Å². The molecule has 0 unspecified atom stereocenters. The Kier molecular flexibility index (Phi) is 7.02. The molecule has 200 valence electrons. The molecule has 2 aliphatic carbocycles. The summed E-state index contributed by atoms with van der Waals surface area (Å²) >= 11 is 9.82. The van der Waals surface area contributed by atoms with Gasteiger partial charge in [0, 0.05) is 46.3 Å². The third-order valence-electron chi connectivity index (χ3n) is 7.58. The Balaban J connectivity index is 1.60. The van der Waals surface area contributed by atoms with E-state index in [-0.39, 0.29) is 22.4 Å². The van der Waals surface area contributed by atoms with E-state index in [1.165, 1.54) is 0 Å². The molecule has 2 aromatic carbocycles. The number of carbonyl (C=O) groups excluding carboxylic acids is 2. The van der Waals surface area contributed by atoms with Gasteiger partial charge in [0.15, 0.2) is 23.1 Å². The van der Waals surface area contributed by atoms with Crippen molar-refractivity contribution in [3.8, 4) is 11.5 Å². The first-order valence-electron chi connectivity index (χ1n) is 12.9. The maximum Gasteiger partial charge on any atom is 0.175 e. The van der Waals surface area contributed by atoms with Crippen LogP contribution in [0.15, 0.2) is 63.4 Å². The van der Waals surface area contributed by atoms with Crippen LogP contribution in [0.5, 0.6) is 11.5 Å². The second kappa shape index (κ2) is 9.87. The van der Waals surface area contributed by atoms with Gasteiger partial charge >= 0.3 is 0 Å². The smallest absolute Gasteiger partial charge is 0.175 e. The van der Waals surface area contributed by atoms with Crippen LogP contribution in [0.2, 0.25) is 5.02 Å². The van der Waals surface area contributed by atoms with Crippen molar-refractivity contribution in [2.75, 3.05) is 7.11 Å². The average Bonchev–Trinajstić information content (AvgIpc) is 2.80. The number of Topliss-reactive ketones (excluding diaryl/α,β-unsaturated/α-hetero) is 2. The molecule has 0 bridgehead atoms. The van der Waals surface area contributed by atoms with Gasteiger partial charge in [-0.1, -0.05) is 51.4 Å². The molecule has 38 heavy (non-hydrogen) atoms. The topological polar surface area (TPSA) is 64.6 Å². The largest absolute Gasteiger partial charge is 0.493 e. The molecule has 3 aliphatic rings. The number of rotatable bonds is 5. The van der Waals surface area contributed by atoms with Crippen molar-refractivity contribution < 1.29 is 19.1 Å². The number of methoxy groups -OCH3 is 1. The summed E-state index contributed by atoms with van der Waals surface area (Å²) in [6.45, 7) is 8.80. The van der Waals surface area contributed by atoms with Crippen molar-refractivity contribution in [1.82, 2.24) is 5.32 Å². The molecule has 0 saturated heterocycles. The van der Waals surface area contributed by atoms with E-state index in [4.69, 9.17) is 21.1 Å². The zero-order valence-corrected chi connectivity index (χ0v) is 24.8. The number of ether oxygens (including phenoxy) is 2. The minimum absolute atomic E-state index is 0.0919. The summed E-state index contributed by atoms with van der Waals surface area (Å²) in [5.74, 6) is 0.830. The lowest BCUT2D eigenvalue weighted by Gasteiger charge is -2.44. The van der Waals surface area contributed by atoms with Crippen molar-refractivity contribution in [2.24, 2.45) is 10.8 Å². The second-order valence-corrected chi connectivity index (χ2v) is 13.5. The highest BCUT2D eigenvalue weighted by Crippen LogP contribution is 2.52. The number of nitrogens with one attached hydrogen (secondary N) is 1. The van der Waals surface area contributed by atoms with E-state index in [0.717, 1.165) is 35.4 Å². The van der Waals surface area contributed by atoms with Gasteiger partial charge in [-0.05, 0) is 75.0 Å². The molecule has 0 saturated carbocycles. The fourth-order valence-corrected chi connectivity index (χ4v) is 6.84. The number of dihydropyridines is 1. The Hall–Kier alpha value is -2.57. The molecule has 2 aromatic rings. The molecule has 0 atom stereocenters. The van der Waals surface area contributed by atoms with Crippen molar-refractivity contribution in [3.05, 3.63) is 79.6 Å². The molecule has 0 aromatic heterocycles. The monoisotopic (exact) mass is 597 g/mol. The normalized spacial score (nSPS) is 20.6. The van der Waals surface area contributed by atoms with Crippen LogP contribution in [0.1, 0.15) is 70.4 Å². The highest BCUT2D eigenvalue weighted by molar-refractivity contribution is 9.10. The summed E-state index contributed by atoms with van der Waals surface area (Å²) < 4.78 is 12.6. The lowest BCUT2D eigenvalue weighted by atomic mass is 9.64. The number of benzene rings is 2. The highest BCUT2D eigenvalue weighted by Gasteiger charge is 2.46. The third-order valence-corrected chi connectivity index (χ3v) is 8.40. The Bertz CT molecular complexity index is 1350. The minimum Gasteiger partial charge on any atom is -0.493 e. The maximum atomic E-state index is 13.6. The number of hydrogen-bond donors (Lipinski definition) is 1. The lowest BCUT2D eigenvalue weighted by Crippen LogP contribution is -2.42. The van der Waals surface area contributed by atoms with Crippen molar-refractivity contribution >= 4 is 39.1 Å². The van der Waals surface area contributed by atoms with Gasteiger partial charge in [0.05, 0.1) is 11.6 Å². The fraction of sp³-hybridized carbons (Fsp3) is 0.419. The number of ketones is 2. The molecule has 0 fully saturated rings. The first kappa shape index (κ1) is 27.0. The summed E-state index contributed by atoms with van der Waals surface area (Å²) in [6.07, 6.45) is 2.42. The van der Waals surface area contributed by atoms with Crippen LogP contribution in [0.4, 0.5) is 0 Å². The van der Waals surface area contributed by atoms with Gasteiger partial charge in [-0.2, -0.15) is 0 Å². The molecular formula is C31H33BrClNO4. The molecule has 7 heteroatoms. The SMILES string of the molecule is COc1cc(C2C3=C(CC(C)(C)CC3=O)NC3=C2C(=O)CC(C)(C)C3)cc(Br)c1OCc1cccc(Cl)c1. The number of carbonyl (C=O) groups is 2. The molecule has 1 heterocycles. The van der Waals surface area contributed by atoms with E-state index in [9.17, 15) is 9.59 Å². The van der Waals surface area contributed by atoms with Crippen LogP contribution in [0.25, 0.3) is 0 Å². The summed E-state index contributed by atoms with van der Waals surface area (Å²) in [4.78, 5) is 27.2. The molecular weight excluding hydrogens is 566 g/mol. The van der Waals surface area contributed by atoms with Crippen molar-refractivity contribution in [1.29, 1.82) is 0 Å². The van der Waals surface area contributed by atoms with Gasteiger partial charge in [0.25, 0.3) is 0 Å². The standard InChI is InChI=1S/C31H33BrClNO4/c1-30(2)12-21-27(23(35)14-30)26(28-22(34-21)13-31(3,4)15-24(28)36)18-10-20(32)29(25(11-18)37-5)38-16-17-7-6-8-19(33)9-17/h6-11,26,34H,12-16H2,1-5H3. The molecule has 1 N–H and O–H groups in total. The molecule has 0 amide bonds. The van der Waals surface area contributed by atoms with Gasteiger partial charge in [0.2, 0.25) is 0 Å². The summed E-state index contributed by atoms with van der Waals surface area (Å²) in [5, 5.41) is 4.21. The van der Waals surface area contributed by atoms with E-state index in [2.05, 4.69) is 48.9 Å². The molecule has 0 radical (unpaired) electrons. The molecule has 0 spiro atoms. The van der Waals surface area contributed by atoms with Crippen LogP contribution >= 0.6 is 27.5 Å². The summed E-state index contributed by atoms with van der Waals surface area (Å²) in [7, 11) is 1.60. The summed E-state index contributed by atoms with van der Waals surface area (Å²) in [6, 6.07) is 11.4.